The summed E-state index contributed by atoms with van der Waals surface area (Å²) >= 11 is 0. The van der Waals surface area contributed by atoms with Crippen LogP contribution in [0.1, 0.15) is 17.4 Å². The van der Waals surface area contributed by atoms with E-state index in [0.717, 1.165) is 0 Å². The molecule has 0 bridgehead atoms. The molecule has 110 valence electrons. The predicted octanol–water partition coefficient (Wildman–Crippen LogP) is 2.58. The van der Waals surface area contributed by atoms with Crippen molar-refractivity contribution in [2.45, 2.75) is 6.92 Å². The summed E-state index contributed by atoms with van der Waals surface area (Å²) in [6.45, 7) is 2.52. The number of nitrogens with zero attached hydrogens (tertiary/aromatic N) is 2. The van der Waals surface area contributed by atoms with Gasteiger partial charge in [0.25, 0.3) is 5.91 Å². The van der Waals surface area contributed by atoms with E-state index in [9.17, 15) is 18.0 Å². The van der Waals surface area contributed by atoms with Crippen LogP contribution in [0.2, 0.25) is 0 Å². The quantitative estimate of drug-likeness (QED) is 0.851. The zero-order valence-corrected chi connectivity index (χ0v) is 11.0. The average molecular weight is 296 g/mol. The summed E-state index contributed by atoms with van der Waals surface area (Å²) < 4.78 is 38.9. The molecule has 0 aliphatic carbocycles. The minimum absolute atomic E-state index is 0.0400. The number of carbonyl (C=O) groups is 1. The van der Waals surface area contributed by atoms with Crippen LogP contribution < -0.4 is 10.6 Å². The predicted molar refractivity (Wildman–Crippen MR) is 70.5 cm³/mol. The lowest BCUT2D eigenvalue weighted by Gasteiger charge is -2.06. The number of carbonyl (C=O) groups excluding carboxylic acids is 1. The first-order valence-electron chi connectivity index (χ1n) is 6.03. The van der Waals surface area contributed by atoms with Gasteiger partial charge in [-0.2, -0.15) is 0 Å². The van der Waals surface area contributed by atoms with Gasteiger partial charge in [0.15, 0.2) is 17.5 Å². The molecule has 1 aromatic heterocycles. The van der Waals surface area contributed by atoms with Gasteiger partial charge in [0.05, 0.1) is 12.4 Å². The Hall–Kier alpha value is -2.64. The molecule has 1 aromatic carbocycles. The Balaban J connectivity index is 2.14. The summed E-state index contributed by atoms with van der Waals surface area (Å²) in [4.78, 5) is 19.6. The van der Waals surface area contributed by atoms with Crippen LogP contribution in [0.3, 0.4) is 0 Å². The molecule has 2 N–H and O–H groups in total. The zero-order valence-electron chi connectivity index (χ0n) is 11.0. The zero-order chi connectivity index (χ0) is 15.4. The molecule has 0 unspecified atom stereocenters. The van der Waals surface area contributed by atoms with E-state index < -0.39 is 23.4 Å². The van der Waals surface area contributed by atoms with E-state index in [0.29, 0.717) is 24.5 Å². The number of anilines is 2. The molecule has 0 saturated carbocycles. The minimum atomic E-state index is -1.59. The van der Waals surface area contributed by atoms with Crippen LogP contribution >= 0.6 is 0 Å². The van der Waals surface area contributed by atoms with E-state index >= 15 is 0 Å². The van der Waals surface area contributed by atoms with E-state index in [4.69, 9.17) is 0 Å². The molecule has 5 nitrogen and oxygen atoms in total. The maximum Gasteiger partial charge on any atom is 0.275 e. The first-order chi connectivity index (χ1) is 10.0. The lowest BCUT2D eigenvalue weighted by atomic mass is 10.2. The second kappa shape index (κ2) is 6.21. The number of aromatic nitrogens is 2. The first kappa shape index (κ1) is 14.8. The van der Waals surface area contributed by atoms with Gasteiger partial charge in [-0.05, 0) is 6.92 Å². The van der Waals surface area contributed by atoms with Gasteiger partial charge in [-0.25, -0.2) is 23.1 Å². The smallest absolute Gasteiger partial charge is 0.275 e. The largest absolute Gasteiger partial charge is 0.369 e. The van der Waals surface area contributed by atoms with Gasteiger partial charge in [0, 0.05) is 24.4 Å². The summed E-state index contributed by atoms with van der Waals surface area (Å²) in [5.74, 6) is -4.59. The van der Waals surface area contributed by atoms with Crippen molar-refractivity contribution in [1.29, 1.82) is 0 Å². The molecule has 0 radical (unpaired) electrons. The monoisotopic (exact) mass is 296 g/mol. The Bertz CT molecular complexity index is 638. The molecule has 0 aliphatic rings. The van der Waals surface area contributed by atoms with E-state index in [-0.39, 0.29) is 11.4 Å². The highest BCUT2D eigenvalue weighted by molar-refractivity contribution is 6.02. The topological polar surface area (TPSA) is 66.9 Å². The molecule has 0 aliphatic heterocycles. The van der Waals surface area contributed by atoms with Crippen molar-refractivity contribution in [1.82, 2.24) is 9.97 Å². The third kappa shape index (κ3) is 3.47. The molecule has 2 rings (SSSR count). The number of hydrogen-bond acceptors (Lipinski definition) is 4. The second-order valence-corrected chi connectivity index (χ2v) is 4.03. The summed E-state index contributed by atoms with van der Waals surface area (Å²) in [6, 6.07) is 1.35. The van der Waals surface area contributed by atoms with Crippen molar-refractivity contribution in [2.24, 2.45) is 0 Å². The minimum Gasteiger partial charge on any atom is -0.369 e. The van der Waals surface area contributed by atoms with Crippen LogP contribution in [-0.4, -0.2) is 22.4 Å². The van der Waals surface area contributed by atoms with E-state index in [2.05, 4.69) is 20.6 Å². The molecule has 1 heterocycles. The third-order valence-electron chi connectivity index (χ3n) is 2.48. The lowest BCUT2D eigenvalue weighted by molar-refractivity contribution is 0.102. The Morgan fingerprint density at radius 2 is 1.81 bits per heavy atom. The van der Waals surface area contributed by atoms with Crippen molar-refractivity contribution in [2.75, 3.05) is 17.2 Å². The number of halogens is 3. The van der Waals surface area contributed by atoms with Gasteiger partial charge in [0.2, 0.25) is 0 Å². The van der Waals surface area contributed by atoms with Crippen molar-refractivity contribution < 1.29 is 18.0 Å². The van der Waals surface area contributed by atoms with E-state index in [1.54, 1.807) is 0 Å². The molecule has 0 fully saturated rings. The Labute approximate surface area is 118 Å². The molecule has 0 saturated heterocycles. The molecule has 8 heteroatoms. The maximum atomic E-state index is 13.0. The maximum absolute atomic E-state index is 13.0. The highest BCUT2D eigenvalue weighted by atomic mass is 19.2. The van der Waals surface area contributed by atoms with Crippen molar-refractivity contribution in [3.8, 4) is 0 Å². The Kier molecular flexibility index (Phi) is 4.36. The number of nitrogens with one attached hydrogen (secondary N) is 2. The SMILES string of the molecule is CCNc1cnc(C(=O)Nc2cc(F)c(F)c(F)c2)cn1. The van der Waals surface area contributed by atoms with Gasteiger partial charge in [0.1, 0.15) is 11.5 Å². The van der Waals surface area contributed by atoms with Crippen molar-refractivity contribution >= 4 is 17.4 Å². The second-order valence-electron chi connectivity index (χ2n) is 4.03. The lowest BCUT2D eigenvalue weighted by Crippen LogP contribution is -2.15. The van der Waals surface area contributed by atoms with Gasteiger partial charge in [-0.15, -0.1) is 0 Å². The normalized spacial score (nSPS) is 10.3. The fourth-order valence-corrected chi connectivity index (χ4v) is 1.54. The van der Waals surface area contributed by atoms with Crippen LogP contribution in [0, 0.1) is 17.5 Å². The van der Waals surface area contributed by atoms with Crippen LogP contribution in [-0.2, 0) is 0 Å². The van der Waals surface area contributed by atoms with Crippen molar-refractivity contribution in [3.05, 3.63) is 47.7 Å². The van der Waals surface area contributed by atoms with Crippen LogP contribution in [0.25, 0.3) is 0 Å². The highest BCUT2D eigenvalue weighted by Gasteiger charge is 2.14. The standard InChI is InChI=1S/C13H11F3N4O/c1-2-17-11-6-18-10(5-19-11)13(21)20-7-3-8(14)12(16)9(15)4-7/h3-6H,2H2,1H3,(H,17,19)(H,20,21). The van der Waals surface area contributed by atoms with Crippen LogP contribution in [0.15, 0.2) is 24.5 Å². The highest BCUT2D eigenvalue weighted by Crippen LogP contribution is 2.17. The number of rotatable bonds is 4. The van der Waals surface area contributed by atoms with E-state index in [1.807, 2.05) is 6.92 Å². The summed E-state index contributed by atoms with van der Waals surface area (Å²) in [6.07, 6.45) is 2.56. The van der Waals surface area contributed by atoms with Gasteiger partial charge < -0.3 is 10.6 Å². The Morgan fingerprint density at radius 3 is 2.33 bits per heavy atom. The fraction of sp³-hybridized carbons (Fsp3) is 0.154. The molecule has 2 aromatic rings. The fourth-order valence-electron chi connectivity index (χ4n) is 1.54. The molecule has 21 heavy (non-hydrogen) atoms. The summed E-state index contributed by atoms with van der Waals surface area (Å²) in [5, 5.41) is 5.11. The van der Waals surface area contributed by atoms with Gasteiger partial charge in [-0.1, -0.05) is 0 Å². The average Bonchev–Trinajstić information content (AvgIpc) is 2.45. The number of hydrogen-bond donors (Lipinski definition) is 2. The number of amides is 1. The van der Waals surface area contributed by atoms with Crippen LogP contribution in [0.4, 0.5) is 24.7 Å². The molecular weight excluding hydrogens is 285 g/mol. The molecule has 0 spiro atoms. The number of benzene rings is 1. The van der Waals surface area contributed by atoms with Crippen LogP contribution in [0.5, 0.6) is 0 Å². The molecule has 1 amide bonds. The van der Waals surface area contributed by atoms with E-state index in [1.165, 1.54) is 12.4 Å². The molecule has 0 atom stereocenters. The first-order valence-corrected chi connectivity index (χ1v) is 6.03. The summed E-state index contributed by atoms with van der Waals surface area (Å²) in [5.41, 5.74) is -0.254. The van der Waals surface area contributed by atoms with Crippen molar-refractivity contribution in [3.63, 3.8) is 0 Å². The third-order valence-corrected chi connectivity index (χ3v) is 2.48. The molecular formula is C13H11F3N4O. The van der Waals surface area contributed by atoms with Gasteiger partial charge in [-0.3, -0.25) is 4.79 Å². The summed E-state index contributed by atoms with van der Waals surface area (Å²) in [7, 11) is 0. The van der Waals surface area contributed by atoms with Gasteiger partial charge >= 0.3 is 0 Å². The Morgan fingerprint density at radius 1 is 1.14 bits per heavy atom.